The van der Waals surface area contributed by atoms with Gasteiger partial charge < -0.3 is 9.59 Å². The molecule has 0 rings (SSSR count). The largest absolute Gasteiger partial charge is 0.481 e. The second-order valence-corrected chi connectivity index (χ2v) is 18.9. The topological polar surface area (TPSA) is 37.3 Å². The van der Waals surface area contributed by atoms with Crippen LogP contribution in [0, 0.1) is 0 Å². The number of aliphatic carboxylic acids is 1. The monoisotopic (exact) mass is 803 g/mol. The highest BCUT2D eigenvalue weighted by atomic mass is 16.4. The highest BCUT2D eigenvalue weighted by Gasteiger charge is 2.25. The third-order valence-electron chi connectivity index (χ3n) is 13.1. The summed E-state index contributed by atoms with van der Waals surface area (Å²) in [6.07, 6.45) is 65.1. The Morgan fingerprint density at radius 3 is 0.772 bits per heavy atom. The summed E-state index contributed by atoms with van der Waals surface area (Å²) in [4.78, 5) is 10.6. The molecule has 0 aromatic heterocycles. The Morgan fingerprint density at radius 2 is 0.526 bits per heavy atom. The van der Waals surface area contributed by atoms with Crippen LogP contribution in [0.1, 0.15) is 303 Å². The molecule has 0 saturated carbocycles. The van der Waals surface area contributed by atoms with E-state index in [-0.39, 0.29) is 0 Å². The highest BCUT2D eigenvalue weighted by Crippen LogP contribution is 2.22. The summed E-state index contributed by atoms with van der Waals surface area (Å²) < 4.78 is 1.46. The van der Waals surface area contributed by atoms with Crippen molar-refractivity contribution in [2.75, 3.05) is 26.2 Å². The van der Waals surface area contributed by atoms with E-state index in [0.717, 1.165) is 12.8 Å². The first-order valence-electron chi connectivity index (χ1n) is 26.8. The minimum atomic E-state index is -0.654. The first kappa shape index (κ1) is 56.2. The average Bonchev–Trinajstić information content (AvgIpc) is 3.21. The summed E-state index contributed by atoms with van der Waals surface area (Å²) in [5.41, 5.74) is 0. The van der Waals surface area contributed by atoms with Crippen LogP contribution in [0.4, 0.5) is 0 Å². The van der Waals surface area contributed by atoms with Crippen LogP contribution in [0.2, 0.25) is 0 Å². The van der Waals surface area contributed by atoms with Crippen LogP contribution in [0.15, 0.2) is 12.2 Å². The van der Waals surface area contributed by atoms with E-state index in [4.69, 9.17) is 5.11 Å². The number of hydrogen-bond acceptors (Lipinski definition) is 1. The molecule has 3 heteroatoms. The van der Waals surface area contributed by atoms with Crippen molar-refractivity contribution < 1.29 is 14.4 Å². The quantitative estimate of drug-likeness (QED) is 0.0378. The van der Waals surface area contributed by atoms with Crippen molar-refractivity contribution >= 4 is 5.97 Å². The zero-order valence-electron chi connectivity index (χ0n) is 39.9. The van der Waals surface area contributed by atoms with E-state index < -0.39 is 5.97 Å². The Bertz CT molecular complexity index is 733. The predicted octanol–water partition coefficient (Wildman–Crippen LogP) is 18.7. The summed E-state index contributed by atoms with van der Waals surface area (Å²) >= 11 is 0. The third-order valence-corrected chi connectivity index (χ3v) is 13.1. The molecular weight excluding hydrogens is 695 g/mol. The van der Waals surface area contributed by atoms with Gasteiger partial charge in [0.15, 0.2) is 0 Å². The maximum Gasteiger partial charge on any atom is 0.303 e. The van der Waals surface area contributed by atoms with Crippen molar-refractivity contribution in [3.05, 3.63) is 12.2 Å². The molecule has 1 N–H and O–H groups in total. The lowest BCUT2D eigenvalue weighted by Crippen LogP contribution is -2.50. The van der Waals surface area contributed by atoms with Crippen LogP contribution in [0.5, 0.6) is 0 Å². The molecule has 0 aliphatic carbocycles. The van der Waals surface area contributed by atoms with Crippen LogP contribution in [0.3, 0.4) is 0 Å². The fourth-order valence-electron chi connectivity index (χ4n) is 9.20. The standard InChI is InChI=1S/C54H107NO2/c1-4-7-10-13-16-19-30-35-40-45-50-55(51-46-41-36-31-20-17-14-11-8-5-2,52-47-42-37-32-21-18-15-12-9-6-3)53-48-43-38-33-28-26-24-22-23-25-27-29-34-39-44-49-54(56)57/h22-23H,4-21,24-53H2,1-3H3/p+1. The van der Waals surface area contributed by atoms with Gasteiger partial charge in [0.25, 0.3) is 0 Å². The van der Waals surface area contributed by atoms with Crippen LogP contribution in [-0.4, -0.2) is 41.7 Å². The fraction of sp³-hybridized carbons (Fsp3) is 0.944. The summed E-state index contributed by atoms with van der Waals surface area (Å²) in [5.74, 6) is -0.654. The zero-order valence-corrected chi connectivity index (χ0v) is 39.9. The Morgan fingerprint density at radius 1 is 0.316 bits per heavy atom. The second-order valence-electron chi connectivity index (χ2n) is 18.9. The molecule has 0 unspecified atom stereocenters. The molecule has 0 heterocycles. The molecule has 340 valence electrons. The lowest BCUT2D eigenvalue weighted by atomic mass is 10.0. The SMILES string of the molecule is CCCCCCCCCCCC[N+](CCCCCCCCC=CCCCCCCCC(=O)O)(CCCCCCCCCCCC)CCCCCCCCCCCC. The fourth-order valence-corrected chi connectivity index (χ4v) is 9.20. The van der Waals surface area contributed by atoms with Gasteiger partial charge in [0, 0.05) is 6.42 Å². The lowest BCUT2D eigenvalue weighted by Gasteiger charge is -2.40. The molecule has 0 aromatic rings. The van der Waals surface area contributed by atoms with Crippen LogP contribution in [-0.2, 0) is 4.79 Å². The molecule has 0 fully saturated rings. The lowest BCUT2D eigenvalue weighted by molar-refractivity contribution is -0.929. The molecular formula is C54H108NO2+. The van der Waals surface area contributed by atoms with Crippen LogP contribution in [0.25, 0.3) is 0 Å². The molecule has 3 nitrogen and oxygen atoms in total. The number of carboxylic acids is 1. The molecule has 0 spiro atoms. The first-order valence-corrected chi connectivity index (χ1v) is 26.8. The molecule has 0 radical (unpaired) electrons. The summed E-state index contributed by atoms with van der Waals surface area (Å²) in [6.45, 7) is 12.8. The maximum atomic E-state index is 10.6. The van der Waals surface area contributed by atoms with Gasteiger partial charge in [-0.15, -0.1) is 0 Å². The number of carbonyl (C=O) groups is 1. The minimum Gasteiger partial charge on any atom is -0.481 e. The molecule has 0 bridgehead atoms. The van der Waals surface area contributed by atoms with Gasteiger partial charge in [-0.2, -0.15) is 0 Å². The molecule has 0 aliphatic heterocycles. The van der Waals surface area contributed by atoms with Crippen molar-refractivity contribution in [3.8, 4) is 0 Å². The molecule has 0 atom stereocenters. The van der Waals surface area contributed by atoms with Gasteiger partial charge in [-0.05, 0) is 83.5 Å². The van der Waals surface area contributed by atoms with Crippen molar-refractivity contribution in [1.29, 1.82) is 0 Å². The Hall–Kier alpha value is -0.830. The number of allylic oxidation sites excluding steroid dienone is 2. The van der Waals surface area contributed by atoms with E-state index in [1.807, 2.05) is 0 Å². The number of unbranched alkanes of at least 4 members (excludes halogenated alkanes) is 38. The van der Waals surface area contributed by atoms with Gasteiger partial charge in [-0.1, -0.05) is 226 Å². The Labute approximate surface area is 360 Å². The maximum absolute atomic E-state index is 10.6. The number of nitrogens with zero attached hydrogens (tertiary/aromatic N) is 1. The van der Waals surface area contributed by atoms with E-state index in [2.05, 4.69) is 32.9 Å². The Balaban J connectivity index is 4.82. The van der Waals surface area contributed by atoms with Crippen molar-refractivity contribution in [2.45, 2.75) is 303 Å². The molecule has 57 heavy (non-hydrogen) atoms. The third kappa shape index (κ3) is 44.5. The van der Waals surface area contributed by atoms with Crippen molar-refractivity contribution in [1.82, 2.24) is 0 Å². The van der Waals surface area contributed by atoms with Gasteiger partial charge in [-0.25, -0.2) is 0 Å². The van der Waals surface area contributed by atoms with E-state index >= 15 is 0 Å². The second kappa shape index (κ2) is 47.8. The van der Waals surface area contributed by atoms with Gasteiger partial charge in [-0.3, -0.25) is 4.79 Å². The number of quaternary nitrogens is 1. The normalized spacial score (nSPS) is 12.1. The molecule has 0 amide bonds. The van der Waals surface area contributed by atoms with Crippen molar-refractivity contribution in [2.24, 2.45) is 0 Å². The number of carboxylic acid groups (broad SMARTS) is 1. The summed E-state index contributed by atoms with van der Waals surface area (Å²) in [7, 11) is 0. The molecule has 0 aliphatic rings. The molecule has 0 saturated heterocycles. The minimum absolute atomic E-state index is 0.332. The average molecular weight is 803 g/mol. The summed E-state index contributed by atoms with van der Waals surface area (Å²) in [5, 5.41) is 8.76. The highest BCUT2D eigenvalue weighted by molar-refractivity contribution is 5.66. The van der Waals surface area contributed by atoms with Crippen LogP contribution >= 0.6 is 0 Å². The van der Waals surface area contributed by atoms with E-state index in [1.54, 1.807) is 0 Å². The van der Waals surface area contributed by atoms with Crippen LogP contribution < -0.4 is 0 Å². The van der Waals surface area contributed by atoms with Crippen molar-refractivity contribution in [3.63, 3.8) is 0 Å². The zero-order chi connectivity index (χ0) is 41.4. The summed E-state index contributed by atoms with van der Waals surface area (Å²) in [6, 6.07) is 0. The van der Waals surface area contributed by atoms with Gasteiger partial charge in [0.2, 0.25) is 0 Å². The Kier molecular flexibility index (Phi) is 47.1. The number of rotatable bonds is 50. The smallest absolute Gasteiger partial charge is 0.303 e. The first-order chi connectivity index (χ1) is 28.1. The number of hydrogen-bond donors (Lipinski definition) is 1. The van der Waals surface area contributed by atoms with Gasteiger partial charge in [0.05, 0.1) is 26.2 Å². The van der Waals surface area contributed by atoms with E-state index in [9.17, 15) is 4.79 Å². The predicted molar refractivity (Wildman–Crippen MR) is 257 cm³/mol. The van der Waals surface area contributed by atoms with E-state index in [1.165, 1.54) is 294 Å². The molecule has 0 aromatic carbocycles. The van der Waals surface area contributed by atoms with Gasteiger partial charge >= 0.3 is 5.97 Å². The van der Waals surface area contributed by atoms with Gasteiger partial charge in [0.1, 0.15) is 0 Å². The van der Waals surface area contributed by atoms with E-state index in [0.29, 0.717) is 6.42 Å².